The quantitative estimate of drug-likeness (QED) is 0.924. The van der Waals surface area contributed by atoms with Crippen molar-refractivity contribution in [3.05, 3.63) is 33.8 Å². The van der Waals surface area contributed by atoms with Crippen LogP contribution in [0.1, 0.15) is 22.8 Å². The van der Waals surface area contributed by atoms with Gasteiger partial charge >= 0.3 is 0 Å². The van der Waals surface area contributed by atoms with E-state index in [2.05, 4.69) is 21.2 Å². The van der Waals surface area contributed by atoms with Crippen molar-refractivity contribution in [2.45, 2.75) is 13.8 Å². The molecule has 0 saturated heterocycles. The summed E-state index contributed by atoms with van der Waals surface area (Å²) in [6.07, 6.45) is 0. The molecule has 1 rings (SSSR count). The molecule has 0 fully saturated rings. The van der Waals surface area contributed by atoms with Gasteiger partial charge in [0, 0.05) is 23.6 Å². The minimum absolute atomic E-state index is 0.0811. The van der Waals surface area contributed by atoms with Gasteiger partial charge in [0.2, 0.25) is 5.91 Å². The third kappa shape index (κ3) is 3.57. The van der Waals surface area contributed by atoms with Gasteiger partial charge in [-0.25, -0.2) is 0 Å². The zero-order chi connectivity index (χ0) is 13.7. The molecule has 0 saturated carbocycles. The first-order valence-corrected chi connectivity index (χ1v) is 6.54. The van der Waals surface area contributed by atoms with Gasteiger partial charge in [-0.15, -0.1) is 0 Å². The maximum Gasteiger partial charge on any atom is 0.254 e. The minimum Gasteiger partial charge on any atom is -0.358 e. The number of aryl methyl sites for hydroxylation is 1. The molecular formula is C13H17BrN2O2. The molecule has 0 spiro atoms. The third-order valence-corrected chi connectivity index (χ3v) is 3.21. The van der Waals surface area contributed by atoms with Crippen molar-refractivity contribution in [1.29, 1.82) is 0 Å². The van der Waals surface area contributed by atoms with Crippen LogP contribution in [0.5, 0.6) is 0 Å². The molecule has 0 unspecified atom stereocenters. The first-order chi connectivity index (χ1) is 8.49. The number of nitrogens with zero attached hydrogens (tertiary/aromatic N) is 1. The highest BCUT2D eigenvalue weighted by atomic mass is 79.9. The Labute approximate surface area is 115 Å². The lowest BCUT2D eigenvalue weighted by Crippen LogP contribution is -2.39. The number of likely N-dealkylation sites (N-methyl/N-ethyl adjacent to an activating group) is 2. The predicted molar refractivity (Wildman–Crippen MR) is 74.5 cm³/mol. The van der Waals surface area contributed by atoms with E-state index in [4.69, 9.17) is 0 Å². The van der Waals surface area contributed by atoms with Crippen molar-refractivity contribution in [3.8, 4) is 0 Å². The van der Waals surface area contributed by atoms with E-state index in [1.54, 1.807) is 13.1 Å². The molecular weight excluding hydrogens is 296 g/mol. The van der Waals surface area contributed by atoms with E-state index in [0.29, 0.717) is 12.1 Å². The van der Waals surface area contributed by atoms with Gasteiger partial charge in [0.05, 0.1) is 6.54 Å². The van der Waals surface area contributed by atoms with Crippen LogP contribution in [0.4, 0.5) is 0 Å². The smallest absolute Gasteiger partial charge is 0.254 e. The van der Waals surface area contributed by atoms with Crippen molar-refractivity contribution >= 4 is 27.7 Å². The minimum atomic E-state index is -0.169. The first kappa shape index (κ1) is 14.7. The van der Waals surface area contributed by atoms with E-state index in [1.807, 2.05) is 26.0 Å². The van der Waals surface area contributed by atoms with Gasteiger partial charge in [0.1, 0.15) is 0 Å². The van der Waals surface area contributed by atoms with E-state index in [1.165, 1.54) is 4.90 Å². The van der Waals surface area contributed by atoms with Crippen molar-refractivity contribution in [3.63, 3.8) is 0 Å². The number of amides is 2. The number of rotatable bonds is 4. The largest absolute Gasteiger partial charge is 0.358 e. The molecule has 2 amide bonds. The molecule has 1 N–H and O–H groups in total. The van der Waals surface area contributed by atoms with E-state index >= 15 is 0 Å². The number of halogens is 1. The first-order valence-electron chi connectivity index (χ1n) is 5.75. The van der Waals surface area contributed by atoms with E-state index in [-0.39, 0.29) is 18.4 Å². The lowest BCUT2D eigenvalue weighted by Gasteiger charge is -2.21. The Morgan fingerprint density at radius 3 is 2.61 bits per heavy atom. The van der Waals surface area contributed by atoms with E-state index in [9.17, 15) is 9.59 Å². The van der Waals surface area contributed by atoms with Crippen LogP contribution in [0, 0.1) is 6.92 Å². The van der Waals surface area contributed by atoms with Crippen LogP contribution in [-0.4, -0.2) is 36.9 Å². The highest BCUT2D eigenvalue weighted by Crippen LogP contribution is 2.17. The highest BCUT2D eigenvalue weighted by molar-refractivity contribution is 9.10. The fourth-order valence-electron chi connectivity index (χ4n) is 1.57. The summed E-state index contributed by atoms with van der Waals surface area (Å²) in [5, 5.41) is 2.52. The van der Waals surface area contributed by atoms with E-state index < -0.39 is 0 Å². The van der Waals surface area contributed by atoms with Gasteiger partial charge in [0.15, 0.2) is 0 Å². The van der Waals surface area contributed by atoms with Gasteiger partial charge in [-0.1, -0.05) is 22.0 Å². The summed E-state index contributed by atoms with van der Waals surface area (Å²) in [7, 11) is 1.56. The average molecular weight is 313 g/mol. The summed E-state index contributed by atoms with van der Waals surface area (Å²) in [5.74, 6) is -0.294. The van der Waals surface area contributed by atoms with Crippen LogP contribution < -0.4 is 5.32 Å². The third-order valence-electron chi connectivity index (χ3n) is 2.71. The Hall–Kier alpha value is -1.36. The van der Waals surface area contributed by atoms with E-state index in [0.717, 1.165) is 10.0 Å². The second kappa shape index (κ2) is 6.54. The summed E-state index contributed by atoms with van der Waals surface area (Å²) in [5.41, 5.74) is 1.52. The number of nitrogens with one attached hydrogen (secondary N) is 1. The molecule has 1 aromatic rings. The number of carbonyl (C=O) groups excluding carboxylic acids is 2. The molecule has 4 nitrogen and oxygen atoms in total. The Morgan fingerprint density at radius 2 is 2.06 bits per heavy atom. The summed E-state index contributed by atoms with van der Waals surface area (Å²) in [6, 6.07) is 5.55. The maximum absolute atomic E-state index is 12.3. The molecule has 0 bridgehead atoms. The summed E-state index contributed by atoms with van der Waals surface area (Å²) in [4.78, 5) is 25.2. The van der Waals surface area contributed by atoms with Crippen molar-refractivity contribution < 1.29 is 9.59 Å². The number of carbonyl (C=O) groups is 2. The molecule has 0 heterocycles. The molecule has 0 aromatic heterocycles. The Balaban J connectivity index is 2.96. The zero-order valence-corrected chi connectivity index (χ0v) is 12.4. The second-order valence-electron chi connectivity index (χ2n) is 3.95. The maximum atomic E-state index is 12.3. The molecule has 98 valence electrons. The Kier molecular flexibility index (Phi) is 5.34. The standard InChI is InChI=1S/C13H17BrN2O2/c1-4-16(8-12(17)15-3)13(18)11-7-10(14)6-5-9(11)2/h5-7H,4,8H2,1-3H3,(H,15,17). The normalized spacial score (nSPS) is 10.0. The lowest BCUT2D eigenvalue weighted by atomic mass is 10.1. The monoisotopic (exact) mass is 312 g/mol. The highest BCUT2D eigenvalue weighted by Gasteiger charge is 2.18. The molecule has 0 atom stereocenters. The topological polar surface area (TPSA) is 49.4 Å². The van der Waals surface area contributed by atoms with Crippen molar-refractivity contribution in [2.75, 3.05) is 20.1 Å². The van der Waals surface area contributed by atoms with Crippen LogP contribution in [0.2, 0.25) is 0 Å². The number of hydrogen-bond acceptors (Lipinski definition) is 2. The molecule has 0 radical (unpaired) electrons. The average Bonchev–Trinajstić information content (AvgIpc) is 2.37. The van der Waals surface area contributed by atoms with Crippen LogP contribution in [0.15, 0.2) is 22.7 Å². The second-order valence-corrected chi connectivity index (χ2v) is 4.87. The molecule has 1 aromatic carbocycles. The fraction of sp³-hybridized carbons (Fsp3) is 0.385. The van der Waals surface area contributed by atoms with Crippen molar-refractivity contribution in [2.24, 2.45) is 0 Å². The summed E-state index contributed by atoms with van der Waals surface area (Å²) in [6.45, 7) is 4.32. The Bertz CT molecular complexity index is 460. The molecule has 18 heavy (non-hydrogen) atoms. The predicted octanol–water partition coefficient (Wildman–Crippen LogP) is 1.97. The fourth-order valence-corrected chi connectivity index (χ4v) is 1.94. The summed E-state index contributed by atoms with van der Waals surface area (Å²) >= 11 is 3.35. The Morgan fingerprint density at radius 1 is 1.39 bits per heavy atom. The number of hydrogen-bond donors (Lipinski definition) is 1. The van der Waals surface area contributed by atoms with Crippen LogP contribution in [-0.2, 0) is 4.79 Å². The zero-order valence-electron chi connectivity index (χ0n) is 10.8. The van der Waals surface area contributed by atoms with Crippen LogP contribution >= 0.6 is 15.9 Å². The molecule has 0 aliphatic carbocycles. The lowest BCUT2D eigenvalue weighted by molar-refractivity contribution is -0.121. The van der Waals surface area contributed by atoms with Gasteiger partial charge < -0.3 is 10.2 Å². The molecule has 0 aliphatic heterocycles. The molecule has 5 heteroatoms. The van der Waals surface area contributed by atoms with Gasteiger partial charge in [0.25, 0.3) is 5.91 Å². The molecule has 0 aliphatic rings. The summed E-state index contributed by atoms with van der Waals surface area (Å²) < 4.78 is 0.854. The van der Waals surface area contributed by atoms with Gasteiger partial charge in [-0.3, -0.25) is 9.59 Å². The van der Waals surface area contributed by atoms with Crippen molar-refractivity contribution in [1.82, 2.24) is 10.2 Å². The van der Waals surface area contributed by atoms with Crippen LogP contribution in [0.3, 0.4) is 0 Å². The SMILES string of the molecule is CCN(CC(=O)NC)C(=O)c1cc(Br)ccc1C. The van der Waals surface area contributed by atoms with Crippen LogP contribution in [0.25, 0.3) is 0 Å². The van der Waals surface area contributed by atoms with Gasteiger partial charge in [-0.2, -0.15) is 0 Å². The van der Waals surface area contributed by atoms with Gasteiger partial charge in [-0.05, 0) is 31.5 Å². The number of benzene rings is 1.